The highest BCUT2D eigenvalue weighted by Crippen LogP contribution is 2.25. The molecule has 0 aliphatic rings. The second-order valence-electron chi connectivity index (χ2n) is 7.03. The number of nitro benzene ring substituents is 1. The Morgan fingerprint density at radius 2 is 1.94 bits per heavy atom. The second-order valence-corrected chi connectivity index (χ2v) is 7.03. The highest BCUT2D eigenvalue weighted by Gasteiger charge is 2.17. The molecule has 0 radical (unpaired) electrons. The molecule has 0 fully saturated rings. The van der Waals surface area contributed by atoms with E-state index in [1.165, 1.54) is 24.1 Å². The molecule has 2 N–H and O–H groups in total. The number of carbonyl (C=O) groups excluding carboxylic acids is 2. The lowest BCUT2D eigenvalue weighted by atomic mass is 10.1. The van der Waals surface area contributed by atoms with E-state index >= 15 is 0 Å². The van der Waals surface area contributed by atoms with Gasteiger partial charge in [0.15, 0.2) is 11.6 Å². The number of benzene rings is 2. The number of hydrogen-bond donors (Lipinski definition) is 2. The van der Waals surface area contributed by atoms with Crippen molar-refractivity contribution in [2.75, 3.05) is 13.6 Å². The van der Waals surface area contributed by atoms with Crippen LogP contribution in [0.2, 0.25) is 0 Å². The molecule has 3 aromatic rings. The molecule has 0 spiro atoms. The van der Waals surface area contributed by atoms with Gasteiger partial charge in [-0.3, -0.25) is 19.7 Å². The monoisotopic (exact) mass is 443 g/mol. The normalized spacial score (nSPS) is 10.6. The number of aromatic nitrogens is 2. The van der Waals surface area contributed by atoms with Crippen LogP contribution in [0.15, 0.2) is 42.5 Å². The predicted molar refractivity (Wildman–Crippen MR) is 111 cm³/mol. The Morgan fingerprint density at radius 1 is 1.19 bits per heavy atom. The molecule has 0 aliphatic carbocycles. The highest BCUT2D eigenvalue weighted by molar-refractivity contribution is 5.96. The maximum absolute atomic E-state index is 13.3. The fourth-order valence-electron chi connectivity index (χ4n) is 2.99. The molecule has 0 unspecified atom stereocenters. The first-order valence-electron chi connectivity index (χ1n) is 9.43. The van der Waals surface area contributed by atoms with E-state index in [-0.39, 0.29) is 24.3 Å². The Hall–Kier alpha value is -4.15. The van der Waals surface area contributed by atoms with Gasteiger partial charge in [0.25, 0.3) is 11.6 Å². The minimum atomic E-state index is -1.16. The summed E-state index contributed by atoms with van der Waals surface area (Å²) in [5.74, 6) is -2.93. The molecule has 1 heterocycles. The number of imidazole rings is 1. The molecule has 1 aromatic heterocycles. The largest absolute Gasteiger partial charge is 0.344 e. The Balaban J connectivity index is 1.62. The molecule has 166 valence electrons. The third-order valence-electron chi connectivity index (χ3n) is 4.66. The highest BCUT2D eigenvalue weighted by atomic mass is 19.2. The minimum absolute atomic E-state index is 0.0597. The zero-order chi connectivity index (χ0) is 23.4. The van der Waals surface area contributed by atoms with E-state index in [1.807, 2.05) is 0 Å². The maximum atomic E-state index is 13.3. The summed E-state index contributed by atoms with van der Waals surface area (Å²) in [4.78, 5) is 43.7. The van der Waals surface area contributed by atoms with Gasteiger partial charge in [0.1, 0.15) is 5.82 Å². The SMILES string of the molecule is Cc1[nH]c(CN(C)C(=O)CNC(=O)c2ccc(F)c(F)c2)nc1-c1cccc([N+](=O)[O-])c1. The third kappa shape index (κ3) is 5.12. The number of halogens is 2. The standard InChI is InChI=1S/C21H19F2N5O4/c1-12-20(13-4-3-5-15(8-13)28(31)32)26-18(25-12)11-27(2)19(29)10-24-21(30)14-6-7-16(22)17(23)9-14/h3-9H,10-11H2,1-2H3,(H,24,30)(H,25,26). The van der Waals surface area contributed by atoms with E-state index in [1.54, 1.807) is 19.1 Å². The smallest absolute Gasteiger partial charge is 0.270 e. The number of carbonyl (C=O) groups is 2. The van der Waals surface area contributed by atoms with Crippen LogP contribution in [0.4, 0.5) is 14.5 Å². The number of rotatable bonds is 7. The van der Waals surface area contributed by atoms with E-state index in [0.29, 0.717) is 22.8 Å². The van der Waals surface area contributed by atoms with Crippen LogP contribution < -0.4 is 5.32 Å². The van der Waals surface area contributed by atoms with Crippen molar-refractivity contribution >= 4 is 17.5 Å². The molecule has 0 saturated heterocycles. The molecule has 0 aliphatic heterocycles. The molecule has 0 atom stereocenters. The molecule has 11 heteroatoms. The van der Waals surface area contributed by atoms with Gasteiger partial charge in [-0.2, -0.15) is 0 Å². The van der Waals surface area contributed by atoms with Gasteiger partial charge in [-0.1, -0.05) is 12.1 Å². The first-order chi connectivity index (χ1) is 15.2. The van der Waals surface area contributed by atoms with Crippen molar-refractivity contribution in [3.63, 3.8) is 0 Å². The van der Waals surface area contributed by atoms with E-state index in [4.69, 9.17) is 0 Å². The van der Waals surface area contributed by atoms with Gasteiger partial charge in [0, 0.05) is 36.0 Å². The van der Waals surface area contributed by atoms with Gasteiger partial charge in [-0.05, 0) is 25.1 Å². The molecular weight excluding hydrogens is 424 g/mol. The topological polar surface area (TPSA) is 121 Å². The summed E-state index contributed by atoms with van der Waals surface area (Å²) in [6.07, 6.45) is 0. The summed E-state index contributed by atoms with van der Waals surface area (Å²) in [6.45, 7) is 1.50. The number of aromatic amines is 1. The van der Waals surface area contributed by atoms with E-state index in [9.17, 15) is 28.5 Å². The van der Waals surface area contributed by atoms with Crippen LogP contribution in [-0.2, 0) is 11.3 Å². The number of likely N-dealkylation sites (N-methyl/N-ethyl adjacent to an activating group) is 1. The van der Waals surface area contributed by atoms with Crippen LogP contribution >= 0.6 is 0 Å². The van der Waals surface area contributed by atoms with Crippen LogP contribution in [-0.4, -0.2) is 45.2 Å². The summed E-state index contributed by atoms with van der Waals surface area (Å²) in [5.41, 5.74) is 1.59. The Labute approximate surface area is 181 Å². The molecule has 9 nitrogen and oxygen atoms in total. The van der Waals surface area contributed by atoms with E-state index < -0.39 is 28.4 Å². The van der Waals surface area contributed by atoms with Crippen molar-refractivity contribution in [3.8, 4) is 11.3 Å². The molecule has 2 aromatic carbocycles. The van der Waals surface area contributed by atoms with Crippen LogP contribution in [0.25, 0.3) is 11.3 Å². The van der Waals surface area contributed by atoms with Gasteiger partial charge < -0.3 is 15.2 Å². The number of nitrogens with zero attached hydrogens (tertiary/aromatic N) is 3. The zero-order valence-electron chi connectivity index (χ0n) is 17.2. The first kappa shape index (κ1) is 22.5. The zero-order valence-corrected chi connectivity index (χ0v) is 17.2. The molecule has 32 heavy (non-hydrogen) atoms. The van der Waals surface area contributed by atoms with Crippen molar-refractivity contribution in [2.24, 2.45) is 0 Å². The summed E-state index contributed by atoms with van der Waals surface area (Å²) in [5, 5.41) is 13.4. The van der Waals surface area contributed by atoms with Crippen molar-refractivity contribution in [2.45, 2.75) is 13.5 Å². The quantitative estimate of drug-likeness (QED) is 0.430. The predicted octanol–water partition coefficient (Wildman–Crippen LogP) is 2.96. The Bertz CT molecular complexity index is 1190. The number of nitro groups is 1. The van der Waals surface area contributed by atoms with Crippen molar-refractivity contribution in [1.82, 2.24) is 20.2 Å². The minimum Gasteiger partial charge on any atom is -0.344 e. The lowest BCUT2D eigenvalue weighted by Gasteiger charge is -2.16. The molecule has 0 saturated carbocycles. The first-order valence-corrected chi connectivity index (χ1v) is 9.43. The van der Waals surface area contributed by atoms with Gasteiger partial charge >= 0.3 is 0 Å². The van der Waals surface area contributed by atoms with Crippen LogP contribution in [0.5, 0.6) is 0 Å². The average molecular weight is 443 g/mol. The van der Waals surface area contributed by atoms with Crippen LogP contribution in [0.3, 0.4) is 0 Å². The second kappa shape index (κ2) is 9.33. The number of H-pyrrole nitrogens is 1. The number of amides is 2. The summed E-state index contributed by atoms with van der Waals surface area (Å²) in [7, 11) is 1.51. The van der Waals surface area contributed by atoms with Crippen LogP contribution in [0.1, 0.15) is 21.9 Å². The van der Waals surface area contributed by atoms with Crippen molar-refractivity contribution in [3.05, 3.63) is 81.3 Å². The fourth-order valence-corrected chi connectivity index (χ4v) is 2.99. The van der Waals surface area contributed by atoms with Crippen LogP contribution in [0, 0.1) is 28.7 Å². The lowest BCUT2D eigenvalue weighted by molar-refractivity contribution is -0.384. The molecule has 0 bridgehead atoms. The van der Waals surface area contributed by atoms with Gasteiger partial charge in [0.05, 0.1) is 23.7 Å². The summed E-state index contributed by atoms with van der Waals surface area (Å²) < 4.78 is 26.2. The van der Waals surface area contributed by atoms with E-state index in [0.717, 1.165) is 18.2 Å². The Morgan fingerprint density at radius 3 is 2.62 bits per heavy atom. The van der Waals surface area contributed by atoms with E-state index in [2.05, 4.69) is 15.3 Å². The molecule has 3 rings (SSSR count). The third-order valence-corrected chi connectivity index (χ3v) is 4.66. The molecule has 2 amide bonds. The van der Waals surface area contributed by atoms with Crippen molar-refractivity contribution < 1.29 is 23.3 Å². The maximum Gasteiger partial charge on any atom is 0.270 e. The van der Waals surface area contributed by atoms with Gasteiger partial charge in [0.2, 0.25) is 5.91 Å². The number of aryl methyl sites for hydroxylation is 1. The fraction of sp³-hybridized carbons (Fsp3) is 0.190. The number of hydrogen-bond acceptors (Lipinski definition) is 5. The molecular formula is C21H19F2N5O4. The summed E-state index contributed by atoms with van der Waals surface area (Å²) >= 11 is 0. The average Bonchev–Trinajstić information content (AvgIpc) is 3.13. The van der Waals surface area contributed by atoms with Gasteiger partial charge in [-0.15, -0.1) is 0 Å². The van der Waals surface area contributed by atoms with Gasteiger partial charge in [-0.25, -0.2) is 13.8 Å². The summed E-state index contributed by atoms with van der Waals surface area (Å²) in [6, 6.07) is 8.75. The Kier molecular flexibility index (Phi) is 6.57. The van der Waals surface area contributed by atoms with Crippen molar-refractivity contribution in [1.29, 1.82) is 0 Å². The number of nitrogens with one attached hydrogen (secondary N) is 2. The number of non-ortho nitro benzene ring substituents is 1. The lowest BCUT2D eigenvalue weighted by Crippen LogP contribution is -2.38.